The first-order valence-corrected chi connectivity index (χ1v) is 15.9. The molecule has 2 rings (SSSR count). The lowest BCUT2D eigenvalue weighted by Crippen LogP contribution is -2.54. The average Bonchev–Trinajstić information content (AvgIpc) is 3.07. The van der Waals surface area contributed by atoms with E-state index < -0.39 is 55.7 Å². The van der Waals surface area contributed by atoms with Crippen LogP contribution in [0.4, 0.5) is 9.59 Å². The molecule has 2 saturated heterocycles. The monoisotopic (exact) mass is 528 g/mol. The first-order valence-electron chi connectivity index (χ1n) is 13.0. The summed E-state index contributed by atoms with van der Waals surface area (Å²) in [5.41, 5.74) is -1.45. The number of ether oxygens (including phenoxy) is 2. The molecule has 3 amide bonds. The van der Waals surface area contributed by atoms with E-state index in [0.29, 0.717) is 19.3 Å². The number of rotatable bonds is 4. The zero-order valence-electron chi connectivity index (χ0n) is 24.1. The summed E-state index contributed by atoms with van der Waals surface area (Å²) in [5.74, 6) is -1.30. The van der Waals surface area contributed by atoms with E-state index in [1.807, 2.05) is 0 Å². The van der Waals surface area contributed by atoms with Crippen LogP contribution >= 0.6 is 0 Å². The fourth-order valence-corrected chi connectivity index (χ4v) is 5.70. The van der Waals surface area contributed by atoms with Crippen LogP contribution in [0.15, 0.2) is 0 Å². The van der Waals surface area contributed by atoms with Crippen LogP contribution in [0.2, 0.25) is 18.1 Å². The van der Waals surface area contributed by atoms with Gasteiger partial charge >= 0.3 is 12.2 Å². The van der Waals surface area contributed by atoms with Gasteiger partial charge in [0, 0.05) is 13.1 Å². The maximum atomic E-state index is 13.3. The molecule has 2 aliphatic rings. The second kappa shape index (κ2) is 10.6. The molecule has 0 radical (unpaired) electrons. The van der Waals surface area contributed by atoms with Crippen molar-refractivity contribution < 1.29 is 33.4 Å². The van der Waals surface area contributed by atoms with Gasteiger partial charge in [0.25, 0.3) is 0 Å². The molecule has 2 fully saturated rings. The highest BCUT2D eigenvalue weighted by molar-refractivity contribution is 6.74. The SMILES string of the molecule is CC(C)(C)OC(=O)N1CCCC(C(O)[C@H]2C[C@@H](O[Si](C)(C)C(C)(C)C)CN2C(=O)OC(C)(C)C)C1=O. The summed E-state index contributed by atoms with van der Waals surface area (Å²) in [6.45, 7) is 21.9. The van der Waals surface area contributed by atoms with Crippen molar-refractivity contribution in [3.05, 3.63) is 0 Å². The summed E-state index contributed by atoms with van der Waals surface area (Å²) < 4.78 is 17.6. The van der Waals surface area contributed by atoms with Crippen molar-refractivity contribution in [3.63, 3.8) is 0 Å². The van der Waals surface area contributed by atoms with Gasteiger partial charge in [-0.3, -0.25) is 9.69 Å². The van der Waals surface area contributed by atoms with Gasteiger partial charge in [0.05, 0.1) is 24.2 Å². The lowest BCUT2D eigenvalue weighted by Gasteiger charge is -2.38. The van der Waals surface area contributed by atoms with Gasteiger partial charge in [-0.15, -0.1) is 0 Å². The molecular formula is C26H48N2O7Si. The predicted octanol–water partition coefficient (Wildman–Crippen LogP) is 4.92. The van der Waals surface area contributed by atoms with Crippen LogP contribution < -0.4 is 0 Å². The number of likely N-dealkylation sites (tertiary alicyclic amines) is 2. The number of piperidine rings is 1. The molecule has 2 unspecified atom stereocenters. The normalized spacial score (nSPS) is 25.1. The number of imide groups is 1. The third-order valence-corrected chi connectivity index (χ3v) is 11.6. The molecule has 2 aliphatic heterocycles. The van der Waals surface area contributed by atoms with Crippen molar-refractivity contribution in [1.29, 1.82) is 0 Å². The summed E-state index contributed by atoms with van der Waals surface area (Å²) in [4.78, 5) is 41.7. The Kier molecular flexibility index (Phi) is 9.01. The van der Waals surface area contributed by atoms with Gasteiger partial charge < -0.3 is 19.0 Å². The Labute approximate surface area is 217 Å². The largest absolute Gasteiger partial charge is 0.444 e. The summed E-state index contributed by atoms with van der Waals surface area (Å²) >= 11 is 0. The quantitative estimate of drug-likeness (QED) is 0.516. The van der Waals surface area contributed by atoms with Gasteiger partial charge in [0.2, 0.25) is 5.91 Å². The van der Waals surface area contributed by atoms with Crippen LogP contribution in [-0.4, -0.2) is 83.9 Å². The van der Waals surface area contributed by atoms with Crippen LogP contribution in [0.25, 0.3) is 0 Å². The van der Waals surface area contributed by atoms with E-state index in [4.69, 9.17) is 13.9 Å². The van der Waals surface area contributed by atoms with Crippen molar-refractivity contribution in [1.82, 2.24) is 9.80 Å². The van der Waals surface area contributed by atoms with Crippen LogP contribution in [0, 0.1) is 5.92 Å². The topological polar surface area (TPSA) is 106 Å². The number of hydrogen-bond donors (Lipinski definition) is 1. The predicted molar refractivity (Wildman–Crippen MR) is 140 cm³/mol. The average molecular weight is 529 g/mol. The fraction of sp³-hybridized carbons (Fsp3) is 0.885. The number of aliphatic hydroxyl groups excluding tert-OH is 1. The van der Waals surface area contributed by atoms with Crippen LogP contribution in [0.5, 0.6) is 0 Å². The highest BCUT2D eigenvalue weighted by Crippen LogP contribution is 2.40. The molecule has 1 N–H and O–H groups in total. The van der Waals surface area contributed by atoms with Crippen LogP contribution in [0.1, 0.15) is 81.6 Å². The highest BCUT2D eigenvalue weighted by Gasteiger charge is 2.50. The Balaban J connectivity index is 2.28. The summed E-state index contributed by atoms with van der Waals surface area (Å²) in [7, 11) is -2.14. The van der Waals surface area contributed by atoms with Gasteiger partial charge in [0.1, 0.15) is 11.2 Å². The number of aliphatic hydroxyl groups is 1. The Bertz CT molecular complexity index is 826. The highest BCUT2D eigenvalue weighted by atomic mass is 28.4. The number of carbonyl (C=O) groups excluding carboxylic acids is 3. The van der Waals surface area contributed by atoms with Gasteiger partial charge in [0.15, 0.2) is 8.32 Å². The lowest BCUT2D eigenvalue weighted by molar-refractivity contribution is -0.143. The second-order valence-corrected chi connectivity index (χ2v) is 18.4. The molecule has 0 spiro atoms. The summed E-state index contributed by atoms with van der Waals surface area (Å²) in [5, 5.41) is 11.5. The van der Waals surface area contributed by atoms with Crippen molar-refractivity contribution in [2.75, 3.05) is 13.1 Å². The summed E-state index contributed by atoms with van der Waals surface area (Å²) in [6, 6.07) is -0.665. The molecule has 4 atom stereocenters. The van der Waals surface area contributed by atoms with Crippen molar-refractivity contribution >= 4 is 26.4 Å². The van der Waals surface area contributed by atoms with E-state index in [2.05, 4.69) is 33.9 Å². The summed E-state index contributed by atoms with van der Waals surface area (Å²) in [6.07, 6.45) is -1.33. The zero-order valence-corrected chi connectivity index (χ0v) is 25.1. The minimum Gasteiger partial charge on any atom is -0.444 e. The number of amides is 3. The molecule has 208 valence electrons. The molecule has 2 heterocycles. The van der Waals surface area contributed by atoms with Gasteiger partial charge in [-0.05, 0) is 78.9 Å². The molecular weight excluding hydrogens is 480 g/mol. The second-order valence-electron chi connectivity index (χ2n) is 13.6. The molecule has 9 nitrogen and oxygen atoms in total. The standard InChI is InChI=1S/C26H48N2O7Si/c1-24(2,3)33-22(31)27-14-12-13-18(21(27)30)20(29)19-15-17(35-36(10,11)26(7,8)9)16-28(19)23(32)34-25(4,5)6/h17-20,29H,12-16H2,1-11H3/t17-,18?,19-,20?/m1/s1. The molecule has 0 aliphatic carbocycles. The van der Waals surface area contributed by atoms with Gasteiger partial charge in [-0.1, -0.05) is 20.8 Å². The molecule has 0 aromatic heterocycles. The van der Waals surface area contributed by atoms with Gasteiger partial charge in [-0.2, -0.15) is 0 Å². The number of nitrogens with zero attached hydrogens (tertiary/aromatic N) is 2. The number of hydrogen-bond acceptors (Lipinski definition) is 7. The fourth-order valence-electron chi connectivity index (χ4n) is 4.35. The molecule has 10 heteroatoms. The van der Waals surface area contributed by atoms with E-state index in [0.717, 1.165) is 4.90 Å². The minimum absolute atomic E-state index is 0.0201. The Morgan fingerprint density at radius 1 is 0.972 bits per heavy atom. The van der Waals surface area contributed by atoms with Gasteiger partial charge in [-0.25, -0.2) is 14.5 Å². The third kappa shape index (κ3) is 7.68. The molecule has 0 aromatic carbocycles. The van der Waals surface area contributed by atoms with Crippen molar-refractivity contribution in [2.24, 2.45) is 5.92 Å². The third-order valence-electron chi connectivity index (χ3n) is 7.10. The molecule has 0 bridgehead atoms. The van der Waals surface area contributed by atoms with Crippen molar-refractivity contribution in [2.45, 2.75) is 129 Å². The Morgan fingerprint density at radius 2 is 1.50 bits per heavy atom. The first-order chi connectivity index (χ1) is 16.1. The molecule has 36 heavy (non-hydrogen) atoms. The Morgan fingerprint density at radius 3 is 2.00 bits per heavy atom. The van der Waals surface area contributed by atoms with E-state index in [-0.39, 0.29) is 24.2 Å². The van der Waals surface area contributed by atoms with E-state index in [1.54, 1.807) is 41.5 Å². The zero-order chi connectivity index (χ0) is 27.9. The molecule has 0 saturated carbocycles. The van der Waals surface area contributed by atoms with E-state index in [9.17, 15) is 19.5 Å². The number of carbonyl (C=O) groups is 3. The maximum Gasteiger partial charge on any atom is 0.417 e. The lowest BCUT2D eigenvalue weighted by atomic mass is 9.87. The van der Waals surface area contributed by atoms with Crippen molar-refractivity contribution in [3.8, 4) is 0 Å². The smallest absolute Gasteiger partial charge is 0.417 e. The Hall–Kier alpha value is -1.65. The minimum atomic E-state index is -2.14. The first kappa shape index (κ1) is 30.6. The van der Waals surface area contributed by atoms with E-state index in [1.165, 1.54) is 4.90 Å². The van der Waals surface area contributed by atoms with E-state index >= 15 is 0 Å². The molecule has 0 aromatic rings. The van der Waals surface area contributed by atoms with Crippen LogP contribution in [0.3, 0.4) is 0 Å². The van der Waals surface area contributed by atoms with Crippen LogP contribution in [-0.2, 0) is 18.7 Å². The maximum absolute atomic E-state index is 13.3.